The summed E-state index contributed by atoms with van der Waals surface area (Å²) in [6.45, 7) is 1.80. The number of sulfonamides is 1. The van der Waals surface area contributed by atoms with Crippen molar-refractivity contribution in [2.24, 2.45) is 0 Å². The average Bonchev–Trinajstić information content (AvgIpc) is 2.70. The third-order valence-electron chi connectivity index (χ3n) is 4.27. The van der Waals surface area contributed by atoms with Gasteiger partial charge in [0.05, 0.1) is 17.8 Å². The predicted molar refractivity (Wildman–Crippen MR) is 119 cm³/mol. The summed E-state index contributed by atoms with van der Waals surface area (Å²) in [6, 6.07) is 15.6. The molecule has 0 unspecified atom stereocenters. The largest absolute Gasteiger partial charge is 0.495 e. The normalized spacial score (nSPS) is 11.1. The van der Waals surface area contributed by atoms with Gasteiger partial charge in [0.2, 0.25) is 0 Å². The number of methoxy groups -OCH3 is 1. The molecule has 2 N–H and O–H groups in total. The monoisotopic (exact) mass is 464 g/mol. The van der Waals surface area contributed by atoms with Crippen molar-refractivity contribution in [2.75, 3.05) is 17.1 Å². The van der Waals surface area contributed by atoms with E-state index in [1.54, 1.807) is 49.4 Å². The molecule has 3 rings (SSSR count). The molecule has 0 aliphatic heterocycles. The molecule has 0 fully saturated rings. The molecule has 0 saturated carbocycles. The fraction of sp³-hybridized carbons (Fsp3) is 0.0952. The molecule has 0 saturated heterocycles. The summed E-state index contributed by atoms with van der Waals surface area (Å²) in [4.78, 5) is 12.5. The van der Waals surface area contributed by atoms with Gasteiger partial charge in [-0.1, -0.05) is 35.3 Å². The number of aryl methyl sites for hydroxylation is 1. The summed E-state index contributed by atoms with van der Waals surface area (Å²) in [7, 11) is -2.64. The Labute approximate surface area is 184 Å². The van der Waals surface area contributed by atoms with E-state index in [-0.39, 0.29) is 21.2 Å². The number of hydrogen-bond acceptors (Lipinski definition) is 4. The number of rotatable bonds is 6. The number of ether oxygens (including phenoxy) is 1. The molecular weight excluding hydrogens is 447 g/mol. The fourth-order valence-electron chi connectivity index (χ4n) is 2.74. The SMILES string of the molecule is COc1ccccc1NS(=O)(=O)c1cc(C(=O)Nc2ccc(Cl)cc2C)ccc1Cl. The van der Waals surface area contributed by atoms with Gasteiger partial charge in [-0.05, 0) is 61.0 Å². The van der Waals surface area contributed by atoms with E-state index < -0.39 is 15.9 Å². The van der Waals surface area contributed by atoms with Crippen molar-refractivity contribution in [3.05, 3.63) is 81.8 Å². The van der Waals surface area contributed by atoms with E-state index in [9.17, 15) is 13.2 Å². The van der Waals surface area contributed by atoms with Crippen LogP contribution in [0.5, 0.6) is 5.75 Å². The number of hydrogen-bond donors (Lipinski definition) is 2. The number of benzene rings is 3. The molecule has 0 radical (unpaired) electrons. The molecule has 6 nitrogen and oxygen atoms in total. The van der Waals surface area contributed by atoms with Gasteiger partial charge in [0.1, 0.15) is 10.6 Å². The molecule has 1 amide bonds. The van der Waals surface area contributed by atoms with Crippen LogP contribution in [-0.2, 0) is 10.0 Å². The Morgan fingerprint density at radius 3 is 2.40 bits per heavy atom. The van der Waals surface area contributed by atoms with Gasteiger partial charge in [-0.2, -0.15) is 0 Å². The molecule has 0 aliphatic carbocycles. The molecule has 0 spiro atoms. The molecule has 0 heterocycles. The number of anilines is 2. The Morgan fingerprint density at radius 1 is 0.967 bits per heavy atom. The van der Waals surface area contributed by atoms with Crippen molar-refractivity contribution < 1.29 is 17.9 Å². The van der Waals surface area contributed by atoms with Crippen LogP contribution < -0.4 is 14.8 Å². The second kappa shape index (κ2) is 8.95. The van der Waals surface area contributed by atoms with E-state index in [1.807, 2.05) is 0 Å². The molecule has 0 aromatic heterocycles. The first-order valence-corrected chi connectivity index (χ1v) is 11.0. The minimum absolute atomic E-state index is 0.0170. The third-order valence-corrected chi connectivity index (χ3v) is 6.35. The number of carbonyl (C=O) groups is 1. The van der Waals surface area contributed by atoms with Crippen LogP contribution in [0.15, 0.2) is 65.6 Å². The highest BCUT2D eigenvalue weighted by atomic mass is 35.5. The van der Waals surface area contributed by atoms with Gasteiger partial charge in [-0.3, -0.25) is 9.52 Å². The average molecular weight is 465 g/mol. The van der Waals surface area contributed by atoms with Crippen molar-refractivity contribution >= 4 is 50.5 Å². The van der Waals surface area contributed by atoms with Crippen molar-refractivity contribution in [1.82, 2.24) is 0 Å². The van der Waals surface area contributed by atoms with Gasteiger partial charge in [-0.15, -0.1) is 0 Å². The van der Waals surface area contributed by atoms with E-state index in [0.29, 0.717) is 16.5 Å². The molecule has 0 atom stereocenters. The Bertz CT molecular complexity index is 1210. The topological polar surface area (TPSA) is 84.5 Å². The first-order chi connectivity index (χ1) is 14.2. The van der Waals surface area contributed by atoms with E-state index in [1.165, 1.54) is 25.3 Å². The second-order valence-corrected chi connectivity index (χ2v) is 8.86. The lowest BCUT2D eigenvalue weighted by atomic mass is 10.1. The van der Waals surface area contributed by atoms with Gasteiger partial charge in [0.15, 0.2) is 0 Å². The Morgan fingerprint density at radius 2 is 1.70 bits per heavy atom. The van der Waals surface area contributed by atoms with Gasteiger partial charge in [0, 0.05) is 16.3 Å². The van der Waals surface area contributed by atoms with Crippen LogP contribution in [0.2, 0.25) is 10.0 Å². The fourth-order valence-corrected chi connectivity index (χ4v) is 4.56. The molecule has 156 valence electrons. The van der Waals surface area contributed by atoms with Crippen LogP contribution in [0.25, 0.3) is 0 Å². The third kappa shape index (κ3) is 4.87. The van der Waals surface area contributed by atoms with Gasteiger partial charge >= 0.3 is 0 Å². The number of amides is 1. The highest BCUT2D eigenvalue weighted by molar-refractivity contribution is 7.92. The van der Waals surface area contributed by atoms with Crippen LogP contribution in [0.1, 0.15) is 15.9 Å². The smallest absolute Gasteiger partial charge is 0.263 e. The zero-order valence-corrected chi connectivity index (χ0v) is 18.4. The van der Waals surface area contributed by atoms with Crippen LogP contribution in [0.3, 0.4) is 0 Å². The zero-order valence-electron chi connectivity index (χ0n) is 16.1. The van der Waals surface area contributed by atoms with E-state index in [2.05, 4.69) is 10.0 Å². The van der Waals surface area contributed by atoms with Crippen molar-refractivity contribution in [2.45, 2.75) is 11.8 Å². The summed E-state index contributed by atoms with van der Waals surface area (Å²) < 4.78 is 33.4. The maximum Gasteiger partial charge on any atom is 0.263 e. The number of halogens is 2. The standard InChI is InChI=1S/C21H18Cl2N2O4S/c1-13-11-15(22)8-10-17(13)24-21(26)14-7-9-16(23)20(12-14)30(27,28)25-18-5-3-4-6-19(18)29-2/h3-12,25H,1-2H3,(H,24,26). The van der Waals surface area contributed by atoms with Crippen molar-refractivity contribution in [1.29, 1.82) is 0 Å². The summed E-state index contributed by atoms with van der Waals surface area (Å²) in [5, 5.41) is 3.28. The molecule has 0 bridgehead atoms. The predicted octanol–water partition coefficient (Wildman–Crippen LogP) is 5.36. The molecule has 9 heteroatoms. The zero-order chi connectivity index (χ0) is 21.9. The Kier molecular flexibility index (Phi) is 6.55. The minimum Gasteiger partial charge on any atom is -0.495 e. The maximum absolute atomic E-state index is 12.9. The quantitative estimate of drug-likeness (QED) is 0.513. The van der Waals surface area contributed by atoms with Crippen LogP contribution in [0, 0.1) is 6.92 Å². The van der Waals surface area contributed by atoms with Crippen LogP contribution in [0.4, 0.5) is 11.4 Å². The molecule has 30 heavy (non-hydrogen) atoms. The van der Waals surface area contributed by atoms with Crippen LogP contribution >= 0.6 is 23.2 Å². The summed E-state index contributed by atoms with van der Waals surface area (Å²) in [5.74, 6) is -0.130. The lowest BCUT2D eigenvalue weighted by Gasteiger charge is -2.14. The first kappa shape index (κ1) is 22.0. The van der Waals surface area contributed by atoms with Crippen molar-refractivity contribution in [3.8, 4) is 5.75 Å². The molecule has 0 aliphatic rings. The van der Waals surface area contributed by atoms with E-state index in [4.69, 9.17) is 27.9 Å². The van der Waals surface area contributed by atoms with Gasteiger partial charge in [-0.25, -0.2) is 8.42 Å². The van der Waals surface area contributed by atoms with Crippen LogP contribution in [-0.4, -0.2) is 21.4 Å². The van der Waals surface area contributed by atoms with Gasteiger partial charge < -0.3 is 10.1 Å². The Balaban J connectivity index is 1.91. The highest BCUT2D eigenvalue weighted by Crippen LogP contribution is 2.30. The number of para-hydroxylation sites is 2. The first-order valence-electron chi connectivity index (χ1n) is 8.74. The van der Waals surface area contributed by atoms with Crippen molar-refractivity contribution in [3.63, 3.8) is 0 Å². The van der Waals surface area contributed by atoms with E-state index in [0.717, 1.165) is 5.56 Å². The summed E-state index contributed by atoms with van der Waals surface area (Å²) in [5.41, 5.74) is 1.73. The summed E-state index contributed by atoms with van der Waals surface area (Å²) >= 11 is 12.1. The van der Waals surface area contributed by atoms with E-state index >= 15 is 0 Å². The number of nitrogens with one attached hydrogen (secondary N) is 2. The molecule has 3 aromatic carbocycles. The molecular formula is C21H18Cl2N2O4S. The number of carbonyl (C=O) groups excluding carboxylic acids is 1. The summed E-state index contributed by atoms with van der Waals surface area (Å²) in [6.07, 6.45) is 0. The van der Waals surface area contributed by atoms with Gasteiger partial charge in [0.25, 0.3) is 15.9 Å². The molecule has 3 aromatic rings. The lowest BCUT2D eigenvalue weighted by molar-refractivity contribution is 0.102. The maximum atomic E-state index is 12.9. The lowest BCUT2D eigenvalue weighted by Crippen LogP contribution is -2.17. The second-order valence-electron chi connectivity index (χ2n) is 6.36. The highest BCUT2D eigenvalue weighted by Gasteiger charge is 2.22. The Hall–Kier alpha value is -2.74. The minimum atomic E-state index is -4.08.